The Balaban J connectivity index is 1.55. The molecule has 0 aliphatic carbocycles. The fourth-order valence-corrected chi connectivity index (χ4v) is 2.98. The van der Waals surface area contributed by atoms with E-state index in [4.69, 9.17) is 5.26 Å². The Hall–Kier alpha value is -2.45. The summed E-state index contributed by atoms with van der Waals surface area (Å²) in [6, 6.07) is 11.0. The van der Waals surface area contributed by atoms with Crippen molar-refractivity contribution in [3.63, 3.8) is 0 Å². The van der Waals surface area contributed by atoms with E-state index in [9.17, 15) is 0 Å². The van der Waals surface area contributed by atoms with Gasteiger partial charge in [-0.15, -0.1) is 0 Å². The second kappa shape index (κ2) is 7.21. The monoisotopic (exact) mass is 307 g/mol. The molecule has 1 saturated heterocycles. The number of rotatable bonds is 4. The maximum absolute atomic E-state index is 9.08. The summed E-state index contributed by atoms with van der Waals surface area (Å²) < 4.78 is 0. The standard InChI is InChI=1S/C18H21N5/c1-14-4-2-3-5-15(14)13-23-10-6-16(7-11-23)22-18-17(12-19)20-8-9-21-18/h2-5,8-9,16H,6-7,10-11,13H2,1H3,(H,21,22). The molecule has 0 unspecified atom stereocenters. The van der Waals surface area contributed by atoms with Crippen LogP contribution < -0.4 is 5.32 Å². The Labute approximate surface area is 137 Å². The van der Waals surface area contributed by atoms with E-state index in [0.717, 1.165) is 32.5 Å². The Bertz CT molecular complexity index is 699. The molecule has 0 amide bonds. The minimum absolute atomic E-state index is 0.354. The molecule has 1 aliphatic rings. The van der Waals surface area contributed by atoms with Crippen LogP contribution in [0.3, 0.4) is 0 Å². The number of anilines is 1. The van der Waals surface area contributed by atoms with E-state index >= 15 is 0 Å². The zero-order valence-electron chi connectivity index (χ0n) is 13.4. The van der Waals surface area contributed by atoms with Crippen molar-refractivity contribution in [2.24, 2.45) is 0 Å². The quantitative estimate of drug-likeness (QED) is 0.941. The normalized spacial score (nSPS) is 16.0. The van der Waals surface area contributed by atoms with Crippen LogP contribution in [0.4, 0.5) is 5.82 Å². The van der Waals surface area contributed by atoms with Crippen LogP contribution in [0.2, 0.25) is 0 Å². The van der Waals surface area contributed by atoms with E-state index in [-0.39, 0.29) is 0 Å². The van der Waals surface area contributed by atoms with Crippen LogP contribution in [0.25, 0.3) is 0 Å². The molecule has 1 fully saturated rings. The molecule has 5 nitrogen and oxygen atoms in total. The Kier molecular flexibility index (Phi) is 4.84. The molecule has 3 rings (SSSR count). The predicted octanol–water partition coefficient (Wildman–Crippen LogP) is 2.73. The summed E-state index contributed by atoms with van der Waals surface area (Å²) in [6.07, 6.45) is 5.27. The highest BCUT2D eigenvalue weighted by atomic mass is 15.1. The summed E-state index contributed by atoms with van der Waals surface area (Å²) in [4.78, 5) is 10.8. The summed E-state index contributed by atoms with van der Waals surface area (Å²) in [5.74, 6) is 0.604. The first-order valence-corrected chi connectivity index (χ1v) is 8.01. The SMILES string of the molecule is Cc1ccccc1CN1CCC(Nc2nccnc2C#N)CC1. The third-order valence-corrected chi connectivity index (χ3v) is 4.39. The van der Waals surface area contributed by atoms with E-state index < -0.39 is 0 Å². The van der Waals surface area contributed by atoms with Crippen LogP contribution >= 0.6 is 0 Å². The van der Waals surface area contributed by atoms with Crippen molar-refractivity contribution in [1.82, 2.24) is 14.9 Å². The second-order valence-electron chi connectivity index (χ2n) is 5.99. The molecule has 0 radical (unpaired) electrons. The van der Waals surface area contributed by atoms with Crippen LogP contribution in [-0.2, 0) is 6.54 Å². The first-order chi connectivity index (χ1) is 11.3. The highest BCUT2D eigenvalue weighted by molar-refractivity contribution is 5.47. The number of nitriles is 1. The van der Waals surface area contributed by atoms with Gasteiger partial charge in [0, 0.05) is 38.1 Å². The van der Waals surface area contributed by atoms with Gasteiger partial charge in [0.15, 0.2) is 11.5 Å². The zero-order chi connectivity index (χ0) is 16.1. The second-order valence-corrected chi connectivity index (χ2v) is 5.99. The van der Waals surface area contributed by atoms with Gasteiger partial charge in [0.25, 0.3) is 0 Å². The minimum Gasteiger partial charge on any atom is -0.365 e. The van der Waals surface area contributed by atoms with Gasteiger partial charge in [-0.05, 0) is 30.9 Å². The molecule has 23 heavy (non-hydrogen) atoms. The molecule has 0 saturated carbocycles. The maximum atomic E-state index is 9.08. The van der Waals surface area contributed by atoms with E-state index in [2.05, 4.69) is 57.4 Å². The summed E-state index contributed by atoms with van der Waals surface area (Å²) in [5.41, 5.74) is 3.13. The van der Waals surface area contributed by atoms with Gasteiger partial charge in [0.1, 0.15) is 6.07 Å². The lowest BCUT2D eigenvalue weighted by atomic mass is 10.0. The van der Waals surface area contributed by atoms with Crippen LogP contribution in [-0.4, -0.2) is 34.0 Å². The summed E-state index contributed by atoms with van der Waals surface area (Å²) in [6.45, 7) is 5.28. The van der Waals surface area contributed by atoms with Crippen LogP contribution in [0.5, 0.6) is 0 Å². The number of nitrogens with zero attached hydrogens (tertiary/aromatic N) is 4. The van der Waals surface area contributed by atoms with Gasteiger partial charge < -0.3 is 5.32 Å². The number of benzene rings is 1. The van der Waals surface area contributed by atoms with Gasteiger partial charge >= 0.3 is 0 Å². The fourth-order valence-electron chi connectivity index (χ4n) is 2.98. The number of aromatic nitrogens is 2. The molecule has 118 valence electrons. The molecular weight excluding hydrogens is 286 g/mol. The highest BCUT2D eigenvalue weighted by Crippen LogP contribution is 2.19. The van der Waals surface area contributed by atoms with Gasteiger partial charge in [0.2, 0.25) is 0 Å². The molecule has 2 heterocycles. The van der Waals surface area contributed by atoms with Gasteiger partial charge in [-0.25, -0.2) is 9.97 Å². The smallest absolute Gasteiger partial charge is 0.182 e. The Morgan fingerprint density at radius 2 is 1.96 bits per heavy atom. The van der Waals surface area contributed by atoms with Crippen molar-refractivity contribution in [1.29, 1.82) is 5.26 Å². The van der Waals surface area contributed by atoms with Crippen molar-refractivity contribution < 1.29 is 0 Å². The largest absolute Gasteiger partial charge is 0.365 e. The Morgan fingerprint density at radius 3 is 2.70 bits per heavy atom. The lowest BCUT2D eigenvalue weighted by Gasteiger charge is -2.33. The number of nitrogens with one attached hydrogen (secondary N) is 1. The molecule has 2 aromatic rings. The first kappa shape index (κ1) is 15.4. The van der Waals surface area contributed by atoms with E-state index in [1.807, 2.05) is 0 Å². The number of likely N-dealkylation sites (tertiary alicyclic amines) is 1. The lowest BCUT2D eigenvalue weighted by Crippen LogP contribution is -2.39. The first-order valence-electron chi connectivity index (χ1n) is 8.01. The number of hydrogen-bond acceptors (Lipinski definition) is 5. The van der Waals surface area contributed by atoms with E-state index in [0.29, 0.717) is 17.6 Å². The van der Waals surface area contributed by atoms with Gasteiger partial charge in [-0.3, -0.25) is 4.90 Å². The zero-order valence-corrected chi connectivity index (χ0v) is 13.4. The van der Waals surface area contributed by atoms with E-state index in [1.165, 1.54) is 11.1 Å². The van der Waals surface area contributed by atoms with Crippen molar-refractivity contribution in [2.45, 2.75) is 32.4 Å². The molecule has 5 heteroatoms. The van der Waals surface area contributed by atoms with Crippen molar-refractivity contribution >= 4 is 5.82 Å². The molecule has 1 N–H and O–H groups in total. The number of aryl methyl sites for hydroxylation is 1. The molecule has 0 bridgehead atoms. The number of hydrogen-bond donors (Lipinski definition) is 1. The average Bonchev–Trinajstić information content (AvgIpc) is 2.59. The Morgan fingerprint density at radius 1 is 1.22 bits per heavy atom. The topological polar surface area (TPSA) is 64.8 Å². The van der Waals surface area contributed by atoms with Crippen LogP contribution in [0.1, 0.15) is 29.7 Å². The summed E-state index contributed by atoms with van der Waals surface area (Å²) in [7, 11) is 0. The molecule has 1 aromatic heterocycles. The summed E-state index contributed by atoms with van der Waals surface area (Å²) >= 11 is 0. The number of piperidine rings is 1. The van der Waals surface area contributed by atoms with Crippen LogP contribution in [0.15, 0.2) is 36.7 Å². The third-order valence-electron chi connectivity index (χ3n) is 4.39. The third kappa shape index (κ3) is 3.85. The highest BCUT2D eigenvalue weighted by Gasteiger charge is 2.20. The van der Waals surface area contributed by atoms with Gasteiger partial charge in [0.05, 0.1) is 0 Å². The summed E-state index contributed by atoms with van der Waals surface area (Å²) in [5, 5.41) is 12.5. The maximum Gasteiger partial charge on any atom is 0.182 e. The molecule has 0 spiro atoms. The molecular formula is C18H21N5. The van der Waals surface area contributed by atoms with Crippen molar-refractivity contribution in [3.8, 4) is 6.07 Å². The fraction of sp³-hybridized carbons (Fsp3) is 0.389. The van der Waals surface area contributed by atoms with Gasteiger partial charge in [-0.2, -0.15) is 5.26 Å². The van der Waals surface area contributed by atoms with E-state index in [1.54, 1.807) is 12.4 Å². The predicted molar refractivity (Wildman–Crippen MR) is 89.8 cm³/mol. The molecule has 0 atom stereocenters. The molecule has 1 aromatic carbocycles. The van der Waals surface area contributed by atoms with Gasteiger partial charge in [-0.1, -0.05) is 24.3 Å². The lowest BCUT2D eigenvalue weighted by molar-refractivity contribution is 0.211. The van der Waals surface area contributed by atoms with Crippen molar-refractivity contribution in [2.75, 3.05) is 18.4 Å². The minimum atomic E-state index is 0.354. The van der Waals surface area contributed by atoms with Crippen molar-refractivity contribution in [3.05, 3.63) is 53.5 Å². The van der Waals surface area contributed by atoms with Crippen LogP contribution in [0, 0.1) is 18.3 Å². The average molecular weight is 307 g/mol. The molecule has 1 aliphatic heterocycles.